The standard InChI is InChI=1S/C13H12BrNO3S/c1-3-18-12(16)11-10(15-13(17-2)19-11)8-5-4-6-9(14)7-8/h4-7H,3H2,1-2H3. The highest BCUT2D eigenvalue weighted by atomic mass is 79.9. The summed E-state index contributed by atoms with van der Waals surface area (Å²) in [6.07, 6.45) is 0. The Morgan fingerprint density at radius 3 is 2.89 bits per heavy atom. The highest BCUT2D eigenvalue weighted by Gasteiger charge is 2.21. The Hall–Kier alpha value is -1.40. The lowest BCUT2D eigenvalue weighted by Gasteiger charge is -2.02. The number of hydrogen-bond acceptors (Lipinski definition) is 5. The molecule has 0 saturated heterocycles. The molecule has 0 radical (unpaired) electrons. The summed E-state index contributed by atoms with van der Waals surface area (Å²) >= 11 is 4.59. The number of carbonyl (C=O) groups is 1. The maximum absolute atomic E-state index is 11.9. The molecule has 100 valence electrons. The van der Waals surface area contributed by atoms with Gasteiger partial charge in [0.15, 0.2) is 0 Å². The number of esters is 1. The number of methoxy groups -OCH3 is 1. The molecule has 0 amide bonds. The van der Waals surface area contributed by atoms with Gasteiger partial charge >= 0.3 is 5.97 Å². The second-order valence-electron chi connectivity index (χ2n) is 3.59. The smallest absolute Gasteiger partial charge is 0.350 e. The van der Waals surface area contributed by atoms with E-state index in [1.165, 1.54) is 18.4 Å². The summed E-state index contributed by atoms with van der Waals surface area (Å²) in [6, 6.07) is 7.59. The molecule has 0 saturated carbocycles. The Kier molecular flexibility index (Phi) is 4.55. The Bertz CT molecular complexity index is 597. The number of carbonyl (C=O) groups excluding carboxylic acids is 1. The van der Waals surface area contributed by atoms with Crippen LogP contribution >= 0.6 is 27.3 Å². The van der Waals surface area contributed by atoms with E-state index >= 15 is 0 Å². The van der Waals surface area contributed by atoms with Crippen molar-refractivity contribution in [3.05, 3.63) is 33.6 Å². The quantitative estimate of drug-likeness (QED) is 0.794. The van der Waals surface area contributed by atoms with Crippen LogP contribution in [0.2, 0.25) is 0 Å². The van der Waals surface area contributed by atoms with Crippen LogP contribution < -0.4 is 4.74 Å². The maximum atomic E-state index is 11.9. The van der Waals surface area contributed by atoms with E-state index in [9.17, 15) is 4.79 Å². The topological polar surface area (TPSA) is 48.4 Å². The summed E-state index contributed by atoms with van der Waals surface area (Å²) in [5.41, 5.74) is 1.43. The molecular weight excluding hydrogens is 330 g/mol. The van der Waals surface area contributed by atoms with E-state index in [-0.39, 0.29) is 5.97 Å². The average molecular weight is 342 g/mol. The number of nitrogens with zero attached hydrogens (tertiary/aromatic N) is 1. The van der Waals surface area contributed by atoms with Gasteiger partial charge in [-0.1, -0.05) is 39.4 Å². The van der Waals surface area contributed by atoms with E-state index in [0.29, 0.717) is 22.4 Å². The lowest BCUT2D eigenvalue weighted by molar-refractivity contribution is 0.0532. The van der Waals surface area contributed by atoms with E-state index in [1.54, 1.807) is 6.92 Å². The van der Waals surface area contributed by atoms with Gasteiger partial charge in [-0.3, -0.25) is 0 Å². The van der Waals surface area contributed by atoms with Gasteiger partial charge < -0.3 is 9.47 Å². The van der Waals surface area contributed by atoms with E-state index in [2.05, 4.69) is 20.9 Å². The first kappa shape index (κ1) is 14.0. The minimum Gasteiger partial charge on any atom is -0.473 e. The third kappa shape index (κ3) is 3.13. The highest BCUT2D eigenvalue weighted by Crippen LogP contribution is 2.33. The molecule has 0 atom stereocenters. The Morgan fingerprint density at radius 2 is 2.26 bits per heavy atom. The van der Waals surface area contributed by atoms with Crippen LogP contribution in [-0.2, 0) is 4.74 Å². The van der Waals surface area contributed by atoms with Gasteiger partial charge in [-0.2, -0.15) is 0 Å². The van der Waals surface area contributed by atoms with Gasteiger partial charge in [0.1, 0.15) is 4.88 Å². The number of hydrogen-bond donors (Lipinski definition) is 0. The number of halogens is 1. The Balaban J connectivity index is 2.49. The van der Waals surface area contributed by atoms with Crippen LogP contribution in [0.15, 0.2) is 28.7 Å². The first-order chi connectivity index (χ1) is 9.15. The third-order valence-electron chi connectivity index (χ3n) is 2.34. The monoisotopic (exact) mass is 341 g/mol. The van der Waals surface area contributed by atoms with Crippen molar-refractivity contribution in [2.75, 3.05) is 13.7 Å². The third-order valence-corrected chi connectivity index (χ3v) is 3.83. The molecule has 0 aliphatic rings. The SMILES string of the molecule is CCOC(=O)c1sc(OC)nc1-c1cccc(Br)c1. The normalized spacial score (nSPS) is 10.3. The zero-order valence-corrected chi connectivity index (χ0v) is 12.9. The minimum atomic E-state index is -0.377. The number of aromatic nitrogens is 1. The maximum Gasteiger partial charge on any atom is 0.350 e. The van der Waals surface area contributed by atoms with Crippen molar-refractivity contribution in [3.8, 4) is 16.5 Å². The second kappa shape index (κ2) is 6.16. The van der Waals surface area contributed by atoms with Crippen molar-refractivity contribution < 1.29 is 14.3 Å². The largest absolute Gasteiger partial charge is 0.473 e. The number of benzene rings is 1. The van der Waals surface area contributed by atoms with Crippen LogP contribution in [0.4, 0.5) is 0 Å². The van der Waals surface area contributed by atoms with E-state index in [1.807, 2.05) is 24.3 Å². The van der Waals surface area contributed by atoms with Gasteiger partial charge in [0, 0.05) is 10.0 Å². The van der Waals surface area contributed by atoms with Crippen LogP contribution in [0.3, 0.4) is 0 Å². The molecule has 6 heteroatoms. The van der Waals surface area contributed by atoms with Crippen LogP contribution in [0.1, 0.15) is 16.6 Å². The molecule has 1 heterocycles. The van der Waals surface area contributed by atoms with Crippen LogP contribution in [-0.4, -0.2) is 24.7 Å². The summed E-state index contributed by atoms with van der Waals surface area (Å²) in [5.74, 6) is -0.377. The van der Waals surface area contributed by atoms with Crippen molar-refractivity contribution in [2.45, 2.75) is 6.92 Å². The molecule has 19 heavy (non-hydrogen) atoms. The number of rotatable bonds is 4. The molecule has 0 bridgehead atoms. The Morgan fingerprint density at radius 1 is 1.47 bits per heavy atom. The average Bonchev–Trinajstić information content (AvgIpc) is 2.83. The van der Waals surface area contributed by atoms with Gasteiger partial charge in [0.05, 0.1) is 19.4 Å². The van der Waals surface area contributed by atoms with Gasteiger partial charge in [-0.25, -0.2) is 9.78 Å². The summed E-state index contributed by atoms with van der Waals surface area (Å²) in [5, 5.41) is 0.443. The van der Waals surface area contributed by atoms with Crippen LogP contribution in [0.25, 0.3) is 11.3 Å². The molecule has 0 aliphatic heterocycles. The van der Waals surface area contributed by atoms with Crippen molar-refractivity contribution in [2.24, 2.45) is 0 Å². The number of ether oxygens (including phenoxy) is 2. The first-order valence-corrected chi connectivity index (χ1v) is 7.24. The summed E-state index contributed by atoms with van der Waals surface area (Å²) in [4.78, 5) is 16.7. The molecule has 1 aromatic heterocycles. The molecule has 4 nitrogen and oxygen atoms in total. The Labute approximate surface area is 123 Å². The predicted molar refractivity (Wildman–Crippen MR) is 77.8 cm³/mol. The van der Waals surface area contributed by atoms with Gasteiger partial charge in [0.25, 0.3) is 5.19 Å². The first-order valence-electron chi connectivity index (χ1n) is 5.63. The zero-order chi connectivity index (χ0) is 13.8. The van der Waals surface area contributed by atoms with Gasteiger partial charge in [-0.15, -0.1) is 0 Å². The lowest BCUT2D eigenvalue weighted by Crippen LogP contribution is -2.03. The van der Waals surface area contributed by atoms with Crippen molar-refractivity contribution in [1.29, 1.82) is 0 Å². The fraction of sp³-hybridized carbons (Fsp3) is 0.231. The predicted octanol–water partition coefficient (Wildman–Crippen LogP) is 3.76. The van der Waals surface area contributed by atoms with Crippen molar-refractivity contribution in [3.63, 3.8) is 0 Å². The summed E-state index contributed by atoms with van der Waals surface area (Å²) in [7, 11) is 1.53. The molecule has 0 spiro atoms. The fourth-order valence-corrected chi connectivity index (χ4v) is 2.75. The molecule has 2 rings (SSSR count). The molecule has 0 fully saturated rings. The van der Waals surface area contributed by atoms with Crippen molar-refractivity contribution in [1.82, 2.24) is 4.98 Å². The summed E-state index contributed by atoms with van der Waals surface area (Å²) in [6.45, 7) is 2.10. The van der Waals surface area contributed by atoms with E-state index < -0.39 is 0 Å². The molecule has 0 unspecified atom stereocenters. The highest BCUT2D eigenvalue weighted by molar-refractivity contribution is 9.10. The van der Waals surface area contributed by atoms with Gasteiger partial charge in [0.2, 0.25) is 0 Å². The number of thiazole rings is 1. The van der Waals surface area contributed by atoms with Crippen molar-refractivity contribution >= 4 is 33.2 Å². The molecule has 1 aromatic carbocycles. The van der Waals surface area contributed by atoms with E-state index in [4.69, 9.17) is 9.47 Å². The lowest BCUT2D eigenvalue weighted by atomic mass is 10.1. The molecular formula is C13H12BrNO3S. The molecule has 2 aromatic rings. The molecule has 0 N–H and O–H groups in total. The van der Waals surface area contributed by atoms with Crippen LogP contribution in [0, 0.1) is 0 Å². The minimum absolute atomic E-state index is 0.330. The second-order valence-corrected chi connectivity index (χ2v) is 5.47. The zero-order valence-electron chi connectivity index (χ0n) is 10.5. The molecule has 0 aliphatic carbocycles. The summed E-state index contributed by atoms with van der Waals surface area (Å²) < 4.78 is 11.1. The van der Waals surface area contributed by atoms with E-state index in [0.717, 1.165) is 10.0 Å². The van der Waals surface area contributed by atoms with Gasteiger partial charge in [-0.05, 0) is 19.1 Å². The fourth-order valence-electron chi connectivity index (χ4n) is 1.55. The van der Waals surface area contributed by atoms with Crippen LogP contribution in [0.5, 0.6) is 5.19 Å².